The first-order valence-corrected chi connectivity index (χ1v) is 8.32. The van der Waals surface area contributed by atoms with Crippen LogP contribution in [0.5, 0.6) is 0 Å². The summed E-state index contributed by atoms with van der Waals surface area (Å²) < 4.78 is 22.9. The molecule has 5 nitrogen and oxygen atoms in total. The number of hydrogen-bond acceptors (Lipinski definition) is 3. The molecule has 0 unspecified atom stereocenters. The summed E-state index contributed by atoms with van der Waals surface area (Å²) in [4.78, 5) is 12.2. The van der Waals surface area contributed by atoms with Gasteiger partial charge in [0.25, 0.3) is 5.91 Å². The number of aryl methyl sites for hydroxylation is 1. The number of primary sulfonamides is 1. The average Bonchev–Trinajstić information content (AvgIpc) is 2.42. The van der Waals surface area contributed by atoms with E-state index >= 15 is 0 Å². The van der Waals surface area contributed by atoms with E-state index in [9.17, 15) is 13.2 Å². The molecule has 22 heavy (non-hydrogen) atoms. The molecule has 0 atom stereocenters. The molecule has 0 aliphatic rings. The summed E-state index contributed by atoms with van der Waals surface area (Å²) in [6, 6.07) is 9.41. The number of rotatable bonds is 3. The topological polar surface area (TPSA) is 89.3 Å². The van der Waals surface area contributed by atoms with Gasteiger partial charge in [-0.05, 0) is 55.3 Å². The van der Waals surface area contributed by atoms with Crippen LogP contribution in [0.25, 0.3) is 0 Å². The molecule has 0 bridgehead atoms. The first-order valence-electron chi connectivity index (χ1n) is 6.39. The lowest BCUT2D eigenvalue weighted by molar-refractivity contribution is 0.102. The van der Waals surface area contributed by atoms with Crippen molar-refractivity contribution in [1.29, 1.82) is 0 Å². The average molecular weight is 339 g/mol. The Bertz CT molecular complexity index is 848. The smallest absolute Gasteiger partial charge is 0.255 e. The fourth-order valence-corrected chi connectivity index (χ4v) is 2.80. The van der Waals surface area contributed by atoms with Gasteiger partial charge in [0.1, 0.15) is 0 Å². The van der Waals surface area contributed by atoms with Crippen LogP contribution < -0.4 is 10.5 Å². The molecule has 2 aromatic rings. The van der Waals surface area contributed by atoms with Gasteiger partial charge in [-0.1, -0.05) is 17.7 Å². The van der Waals surface area contributed by atoms with Crippen LogP contribution in [0.3, 0.4) is 0 Å². The predicted octanol–water partition coefficient (Wildman–Crippen LogP) is 2.86. The number of carbonyl (C=O) groups is 1. The number of anilines is 1. The summed E-state index contributed by atoms with van der Waals surface area (Å²) in [7, 11) is -3.87. The molecule has 0 saturated carbocycles. The van der Waals surface area contributed by atoms with Crippen molar-refractivity contribution in [1.82, 2.24) is 0 Å². The maximum atomic E-state index is 12.3. The molecule has 0 radical (unpaired) electrons. The SMILES string of the molecule is Cc1cc(C(=O)Nc2cccc(Cl)c2C)cc(S(N)(=O)=O)c1. The fourth-order valence-electron chi connectivity index (χ4n) is 1.98. The zero-order chi connectivity index (χ0) is 16.5. The molecular formula is C15H15ClN2O3S. The second-order valence-corrected chi connectivity index (χ2v) is 6.91. The van der Waals surface area contributed by atoms with E-state index in [1.54, 1.807) is 38.1 Å². The number of hydrogen-bond donors (Lipinski definition) is 2. The van der Waals surface area contributed by atoms with Gasteiger partial charge in [0.05, 0.1) is 4.90 Å². The third-order valence-electron chi connectivity index (χ3n) is 3.16. The standard InChI is InChI=1S/C15H15ClN2O3S/c1-9-6-11(8-12(7-9)22(17,20)21)15(19)18-14-5-3-4-13(16)10(14)2/h3-8H,1-2H3,(H,18,19)(H2,17,20,21). The number of amides is 1. The number of nitrogens with one attached hydrogen (secondary N) is 1. The second-order valence-electron chi connectivity index (χ2n) is 4.95. The third kappa shape index (κ3) is 3.65. The molecule has 0 fully saturated rings. The Morgan fingerprint density at radius 1 is 1.18 bits per heavy atom. The zero-order valence-electron chi connectivity index (χ0n) is 12.1. The number of sulfonamides is 1. The quantitative estimate of drug-likeness (QED) is 0.901. The van der Waals surface area contributed by atoms with E-state index < -0.39 is 15.9 Å². The van der Waals surface area contributed by atoms with Crippen LogP contribution in [-0.2, 0) is 10.0 Å². The summed E-state index contributed by atoms with van der Waals surface area (Å²) >= 11 is 6.01. The van der Waals surface area contributed by atoms with Crippen molar-refractivity contribution in [2.75, 3.05) is 5.32 Å². The van der Waals surface area contributed by atoms with Gasteiger partial charge in [-0.3, -0.25) is 4.79 Å². The second kappa shape index (κ2) is 6.08. The van der Waals surface area contributed by atoms with Crippen LogP contribution in [0.4, 0.5) is 5.69 Å². The Balaban J connectivity index is 2.38. The first kappa shape index (κ1) is 16.5. The number of benzene rings is 2. The minimum Gasteiger partial charge on any atom is -0.322 e. The fraction of sp³-hybridized carbons (Fsp3) is 0.133. The molecule has 0 aromatic heterocycles. The number of nitrogens with two attached hydrogens (primary N) is 1. The van der Waals surface area contributed by atoms with Crippen molar-refractivity contribution in [3.8, 4) is 0 Å². The Morgan fingerprint density at radius 2 is 1.86 bits per heavy atom. The monoisotopic (exact) mass is 338 g/mol. The Labute approximate surface area is 134 Å². The summed E-state index contributed by atoms with van der Waals surface area (Å²) in [6.07, 6.45) is 0. The molecule has 116 valence electrons. The predicted molar refractivity (Wildman–Crippen MR) is 86.7 cm³/mol. The number of halogens is 1. The van der Waals surface area contributed by atoms with Crippen LogP contribution in [0, 0.1) is 13.8 Å². The van der Waals surface area contributed by atoms with E-state index in [4.69, 9.17) is 16.7 Å². The normalized spacial score (nSPS) is 11.3. The minimum absolute atomic E-state index is 0.0968. The summed E-state index contributed by atoms with van der Waals surface area (Å²) in [5.74, 6) is -0.432. The van der Waals surface area contributed by atoms with Gasteiger partial charge in [0.2, 0.25) is 10.0 Å². The van der Waals surface area contributed by atoms with Gasteiger partial charge in [-0.25, -0.2) is 13.6 Å². The van der Waals surface area contributed by atoms with E-state index in [0.29, 0.717) is 16.3 Å². The molecule has 0 aliphatic carbocycles. The van der Waals surface area contributed by atoms with Gasteiger partial charge < -0.3 is 5.32 Å². The first-order chi connectivity index (χ1) is 10.2. The summed E-state index contributed by atoms with van der Waals surface area (Å²) in [6.45, 7) is 3.47. The molecule has 0 spiro atoms. The Morgan fingerprint density at radius 3 is 2.50 bits per heavy atom. The van der Waals surface area contributed by atoms with Crippen LogP contribution in [0.15, 0.2) is 41.3 Å². The lowest BCUT2D eigenvalue weighted by Gasteiger charge is -2.11. The Kier molecular flexibility index (Phi) is 4.55. The van der Waals surface area contributed by atoms with Gasteiger partial charge in [0, 0.05) is 16.3 Å². The molecule has 2 aromatic carbocycles. The lowest BCUT2D eigenvalue weighted by Crippen LogP contribution is -2.16. The van der Waals surface area contributed by atoms with Gasteiger partial charge in [-0.2, -0.15) is 0 Å². The van der Waals surface area contributed by atoms with Crippen molar-refractivity contribution in [2.24, 2.45) is 5.14 Å². The van der Waals surface area contributed by atoms with E-state index in [1.165, 1.54) is 12.1 Å². The Hall–Kier alpha value is -1.89. The minimum atomic E-state index is -3.87. The maximum absolute atomic E-state index is 12.3. The van der Waals surface area contributed by atoms with Gasteiger partial charge in [0.15, 0.2) is 0 Å². The zero-order valence-corrected chi connectivity index (χ0v) is 13.6. The highest BCUT2D eigenvalue weighted by Crippen LogP contribution is 2.24. The summed E-state index contributed by atoms with van der Waals surface area (Å²) in [5, 5.41) is 8.36. The largest absolute Gasteiger partial charge is 0.322 e. The molecule has 0 aliphatic heterocycles. The molecule has 1 amide bonds. The highest BCUT2D eigenvalue weighted by atomic mass is 35.5. The van der Waals surface area contributed by atoms with Crippen molar-refractivity contribution in [3.05, 3.63) is 58.1 Å². The summed E-state index contributed by atoms with van der Waals surface area (Å²) in [5.41, 5.74) is 2.14. The molecule has 0 saturated heterocycles. The van der Waals surface area contributed by atoms with Crippen LogP contribution in [0.1, 0.15) is 21.5 Å². The van der Waals surface area contributed by atoms with Gasteiger partial charge in [-0.15, -0.1) is 0 Å². The van der Waals surface area contributed by atoms with E-state index in [0.717, 1.165) is 5.56 Å². The van der Waals surface area contributed by atoms with Crippen LogP contribution in [0.2, 0.25) is 5.02 Å². The van der Waals surface area contributed by atoms with Gasteiger partial charge >= 0.3 is 0 Å². The molecule has 3 N–H and O–H groups in total. The maximum Gasteiger partial charge on any atom is 0.255 e. The molecule has 7 heteroatoms. The highest BCUT2D eigenvalue weighted by Gasteiger charge is 2.14. The van der Waals surface area contributed by atoms with Crippen LogP contribution in [-0.4, -0.2) is 14.3 Å². The number of carbonyl (C=O) groups excluding carboxylic acids is 1. The van der Waals surface area contributed by atoms with E-state index in [1.807, 2.05) is 0 Å². The third-order valence-corrected chi connectivity index (χ3v) is 4.46. The van der Waals surface area contributed by atoms with E-state index in [-0.39, 0.29) is 10.5 Å². The van der Waals surface area contributed by atoms with Crippen molar-refractivity contribution in [2.45, 2.75) is 18.7 Å². The highest BCUT2D eigenvalue weighted by molar-refractivity contribution is 7.89. The van der Waals surface area contributed by atoms with Crippen molar-refractivity contribution < 1.29 is 13.2 Å². The van der Waals surface area contributed by atoms with Crippen LogP contribution >= 0.6 is 11.6 Å². The van der Waals surface area contributed by atoms with Crippen molar-refractivity contribution >= 4 is 33.2 Å². The van der Waals surface area contributed by atoms with Crippen molar-refractivity contribution in [3.63, 3.8) is 0 Å². The molecule has 2 rings (SSSR count). The van der Waals surface area contributed by atoms with E-state index in [2.05, 4.69) is 5.32 Å². The lowest BCUT2D eigenvalue weighted by atomic mass is 10.1. The molecular weight excluding hydrogens is 324 g/mol. The molecule has 0 heterocycles.